The number of pyridine rings is 1. The Morgan fingerprint density at radius 2 is 1.95 bits per heavy atom. The molecule has 3 rings (SSSR count). The number of fused-ring (bicyclic) bond motifs is 2. The molecule has 20 heavy (non-hydrogen) atoms. The van der Waals surface area contributed by atoms with Crippen LogP contribution in [0.3, 0.4) is 0 Å². The average molecular weight is 295 g/mol. The summed E-state index contributed by atoms with van der Waals surface area (Å²) in [6.45, 7) is 5.09. The van der Waals surface area contributed by atoms with E-state index in [1.165, 1.54) is 18.4 Å². The minimum Gasteiger partial charge on any atom is -0.496 e. The zero-order valence-corrected chi connectivity index (χ0v) is 13.3. The van der Waals surface area contributed by atoms with E-state index in [0.29, 0.717) is 17.5 Å². The zero-order chi connectivity index (χ0) is 14.3. The van der Waals surface area contributed by atoms with Gasteiger partial charge in [-0.3, -0.25) is 9.88 Å². The van der Waals surface area contributed by atoms with Crippen molar-refractivity contribution in [2.75, 3.05) is 7.11 Å². The Hall–Kier alpha value is -0.800. The highest BCUT2D eigenvalue weighted by molar-refractivity contribution is 6.20. The van der Waals surface area contributed by atoms with Crippen LogP contribution in [0, 0.1) is 13.8 Å². The van der Waals surface area contributed by atoms with E-state index in [4.69, 9.17) is 16.3 Å². The highest BCUT2D eigenvalue weighted by Crippen LogP contribution is 2.39. The summed E-state index contributed by atoms with van der Waals surface area (Å²) in [4.78, 5) is 7.26. The first-order valence-corrected chi connectivity index (χ1v) is 7.92. The molecule has 2 aliphatic rings. The van der Waals surface area contributed by atoms with Gasteiger partial charge in [0, 0.05) is 41.3 Å². The summed E-state index contributed by atoms with van der Waals surface area (Å²) in [6.07, 6.45) is 6.75. The maximum Gasteiger partial charge on any atom is 0.128 e. The number of methoxy groups -OCH3 is 1. The number of ether oxygens (including phenoxy) is 1. The van der Waals surface area contributed by atoms with Crippen LogP contribution in [-0.4, -0.2) is 34.5 Å². The Balaban J connectivity index is 1.82. The van der Waals surface area contributed by atoms with Gasteiger partial charge in [-0.05, 0) is 39.5 Å². The van der Waals surface area contributed by atoms with Crippen LogP contribution in [0.25, 0.3) is 0 Å². The number of nitrogens with zero attached hydrogens (tertiary/aromatic N) is 2. The van der Waals surface area contributed by atoms with Gasteiger partial charge in [-0.15, -0.1) is 11.6 Å². The van der Waals surface area contributed by atoms with Crippen LogP contribution in [0.15, 0.2) is 6.20 Å². The number of rotatable bonds is 3. The second-order valence-corrected chi connectivity index (χ2v) is 6.79. The standard InChI is InChI=1S/C16H23ClN2O/c1-10-8-18-15(11(2)16(10)20-3)9-19-13-4-5-14(19)7-12(17)6-13/h8,12-14H,4-7,9H2,1-3H3. The molecule has 3 nitrogen and oxygen atoms in total. The number of alkyl halides is 1. The summed E-state index contributed by atoms with van der Waals surface area (Å²) < 4.78 is 5.51. The third-order valence-electron chi connectivity index (χ3n) is 4.91. The van der Waals surface area contributed by atoms with E-state index in [-0.39, 0.29) is 0 Å². The van der Waals surface area contributed by atoms with Gasteiger partial charge in [0.2, 0.25) is 0 Å². The van der Waals surface area contributed by atoms with E-state index in [9.17, 15) is 0 Å². The van der Waals surface area contributed by atoms with Crippen molar-refractivity contribution < 1.29 is 4.74 Å². The fraction of sp³-hybridized carbons (Fsp3) is 0.688. The molecule has 2 aliphatic heterocycles. The van der Waals surface area contributed by atoms with E-state index >= 15 is 0 Å². The van der Waals surface area contributed by atoms with Crippen molar-refractivity contribution in [3.63, 3.8) is 0 Å². The molecule has 3 heterocycles. The predicted octanol–water partition coefficient (Wildman–Crippen LogP) is 3.44. The first-order valence-electron chi connectivity index (χ1n) is 7.49. The lowest BCUT2D eigenvalue weighted by Gasteiger charge is -2.37. The van der Waals surface area contributed by atoms with Gasteiger partial charge in [0.15, 0.2) is 0 Å². The number of aromatic nitrogens is 1. The van der Waals surface area contributed by atoms with Crippen molar-refractivity contribution in [3.05, 3.63) is 23.0 Å². The first kappa shape index (κ1) is 14.2. The molecule has 1 aromatic rings. The van der Waals surface area contributed by atoms with E-state index in [0.717, 1.165) is 36.4 Å². The van der Waals surface area contributed by atoms with Crippen LogP contribution in [-0.2, 0) is 6.54 Å². The summed E-state index contributed by atoms with van der Waals surface area (Å²) in [5.74, 6) is 0.981. The fourth-order valence-electron chi connectivity index (χ4n) is 3.87. The van der Waals surface area contributed by atoms with Crippen LogP contribution in [0.4, 0.5) is 0 Å². The zero-order valence-electron chi connectivity index (χ0n) is 12.5. The van der Waals surface area contributed by atoms with E-state index in [2.05, 4.69) is 16.8 Å². The maximum atomic E-state index is 6.35. The maximum absolute atomic E-state index is 6.35. The van der Waals surface area contributed by atoms with Gasteiger partial charge in [-0.1, -0.05) is 0 Å². The second-order valence-electron chi connectivity index (χ2n) is 6.17. The van der Waals surface area contributed by atoms with Crippen LogP contribution in [0.2, 0.25) is 0 Å². The number of aryl methyl sites for hydroxylation is 1. The largest absolute Gasteiger partial charge is 0.496 e. The van der Waals surface area contributed by atoms with Gasteiger partial charge >= 0.3 is 0 Å². The molecule has 4 heteroatoms. The van der Waals surface area contributed by atoms with Crippen LogP contribution >= 0.6 is 11.6 Å². The monoisotopic (exact) mass is 294 g/mol. The fourth-order valence-corrected chi connectivity index (χ4v) is 4.28. The lowest BCUT2D eigenvalue weighted by molar-refractivity contribution is 0.132. The molecule has 2 unspecified atom stereocenters. The van der Waals surface area contributed by atoms with Gasteiger partial charge in [0.25, 0.3) is 0 Å². The molecule has 0 aromatic carbocycles. The minimum atomic E-state index is 0.366. The predicted molar refractivity (Wildman–Crippen MR) is 81.5 cm³/mol. The van der Waals surface area contributed by atoms with Gasteiger partial charge in [0.1, 0.15) is 5.75 Å². The number of halogens is 1. The lowest BCUT2D eigenvalue weighted by atomic mass is 10.0. The molecule has 0 aliphatic carbocycles. The molecule has 110 valence electrons. The molecule has 0 radical (unpaired) electrons. The Bertz CT molecular complexity index is 491. The van der Waals surface area contributed by atoms with E-state index < -0.39 is 0 Å². The quantitative estimate of drug-likeness (QED) is 0.799. The lowest BCUT2D eigenvalue weighted by Crippen LogP contribution is -2.43. The van der Waals surface area contributed by atoms with Gasteiger partial charge in [-0.25, -0.2) is 0 Å². The van der Waals surface area contributed by atoms with Gasteiger partial charge in [0.05, 0.1) is 12.8 Å². The molecule has 1 aromatic heterocycles. The van der Waals surface area contributed by atoms with Crippen molar-refractivity contribution in [3.8, 4) is 5.75 Å². The Morgan fingerprint density at radius 1 is 1.30 bits per heavy atom. The Morgan fingerprint density at radius 3 is 2.55 bits per heavy atom. The molecule has 0 saturated carbocycles. The van der Waals surface area contributed by atoms with Crippen molar-refractivity contribution in [1.82, 2.24) is 9.88 Å². The van der Waals surface area contributed by atoms with Crippen LogP contribution in [0.1, 0.15) is 42.5 Å². The number of piperidine rings is 1. The highest BCUT2D eigenvalue weighted by atomic mass is 35.5. The SMILES string of the molecule is COc1c(C)cnc(CN2C3CCC2CC(Cl)C3)c1C. The summed E-state index contributed by atoms with van der Waals surface area (Å²) in [7, 11) is 1.74. The van der Waals surface area contributed by atoms with Crippen molar-refractivity contribution >= 4 is 11.6 Å². The minimum absolute atomic E-state index is 0.366. The van der Waals surface area contributed by atoms with Gasteiger partial charge < -0.3 is 4.74 Å². The van der Waals surface area contributed by atoms with Crippen molar-refractivity contribution in [1.29, 1.82) is 0 Å². The Labute approximate surface area is 126 Å². The summed E-state index contributed by atoms with van der Waals surface area (Å²) in [5.41, 5.74) is 3.44. The molecule has 0 spiro atoms. The smallest absolute Gasteiger partial charge is 0.128 e. The molecule has 0 N–H and O–H groups in total. The molecule has 2 saturated heterocycles. The molecule has 2 fully saturated rings. The third kappa shape index (κ3) is 2.42. The highest BCUT2D eigenvalue weighted by Gasteiger charge is 2.40. The first-order chi connectivity index (χ1) is 9.60. The van der Waals surface area contributed by atoms with E-state index in [1.807, 2.05) is 13.1 Å². The number of hydrogen-bond donors (Lipinski definition) is 0. The molecule has 0 amide bonds. The molecule has 2 bridgehead atoms. The van der Waals surface area contributed by atoms with Crippen LogP contribution < -0.4 is 4.74 Å². The van der Waals surface area contributed by atoms with Crippen molar-refractivity contribution in [2.24, 2.45) is 0 Å². The van der Waals surface area contributed by atoms with Crippen LogP contribution in [0.5, 0.6) is 5.75 Å². The summed E-state index contributed by atoms with van der Waals surface area (Å²) in [6, 6.07) is 1.29. The molecular weight excluding hydrogens is 272 g/mol. The topological polar surface area (TPSA) is 25.4 Å². The summed E-state index contributed by atoms with van der Waals surface area (Å²) in [5, 5.41) is 0.366. The third-order valence-corrected chi connectivity index (χ3v) is 5.27. The number of hydrogen-bond acceptors (Lipinski definition) is 3. The second kappa shape index (κ2) is 5.53. The normalized spacial score (nSPS) is 29.7. The summed E-state index contributed by atoms with van der Waals surface area (Å²) >= 11 is 6.35. The van der Waals surface area contributed by atoms with E-state index in [1.54, 1.807) is 7.11 Å². The molecule has 2 atom stereocenters. The molecular formula is C16H23ClN2O. The Kier molecular flexibility index (Phi) is 3.91. The average Bonchev–Trinajstić information content (AvgIpc) is 2.65. The van der Waals surface area contributed by atoms with Crippen molar-refractivity contribution in [2.45, 2.75) is 63.5 Å². The van der Waals surface area contributed by atoms with Gasteiger partial charge in [-0.2, -0.15) is 0 Å².